The van der Waals surface area contributed by atoms with Gasteiger partial charge in [-0.15, -0.1) is 0 Å². The SMILES string of the molecule is N#Cc1ccc(C(=O)NN=Cc2ccc(-c3ccc(C(=O)O)c(Cl)c3)o2)c(F)c1. The van der Waals surface area contributed by atoms with Crippen LogP contribution in [0.15, 0.2) is 58.0 Å². The van der Waals surface area contributed by atoms with Gasteiger partial charge in [0, 0.05) is 5.56 Å². The second-order valence-corrected chi connectivity index (χ2v) is 6.11. The molecular formula is C20H11ClFN3O4. The van der Waals surface area contributed by atoms with Gasteiger partial charge in [0.2, 0.25) is 0 Å². The van der Waals surface area contributed by atoms with Gasteiger partial charge in [0.05, 0.1) is 34.0 Å². The fraction of sp³-hybridized carbons (Fsp3) is 0. The number of carboxylic acids is 1. The summed E-state index contributed by atoms with van der Waals surface area (Å²) in [6.45, 7) is 0. The summed E-state index contributed by atoms with van der Waals surface area (Å²) < 4.78 is 19.4. The zero-order valence-corrected chi connectivity index (χ0v) is 15.3. The van der Waals surface area contributed by atoms with Crippen LogP contribution < -0.4 is 5.43 Å². The molecule has 3 rings (SSSR count). The van der Waals surface area contributed by atoms with Gasteiger partial charge in [-0.2, -0.15) is 10.4 Å². The highest BCUT2D eigenvalue weighted by atomic mass is 35.5. The molecule has 29 heavy (non-hydrogen) atoms. The number of carboxylic acid groups (broad SMARTS) is 1. The van der Waals surface area contributed by atoms with Crippen LogP contribution in [0.4, 0.5) is 4.39 Å². The maximum atomic E-state index is 13.8. The first-order chi connectivity index (χ1) is 13.9. The molecule has 7 nitrogen and oxygen atoms in total. The number of nitrogens with zero attached hydrogens (tertiary/aromatic N) is 2. The van der Waals surface area contributed by atoms with Crippen molar-refractivity contribution < 1.29 is 23.5 Å². The van der Waals surface area contributed by atoms with Crippen LogP contribution in [-0.4, -0.2) is 23.2 Å². The van der Waals surface area contributed by atoms with Crippen molar-refractivity contribution in [2.45, 2.75) is 0 Å². The van der Waals surface area contributed by atoms with E-state index in [0.717, 1.165) is 6.07 Å². The van der Waals surface area contributed by atoms with E-state index in [1.165, 1.54) is 30.5 Å². The minimum atomic E-state index is -1.14. The number of carbonyl (C=O) groups excluding carboxylic acids is 1. The summed E-state index contributed by atoms with van der Waals surface area (Å²) in [5.74, 6) is -2.05. The standard InChI is InChI=1S/C20H11ClFN3O4/c21-16-8-12(2-5-14(16)20(27)28)18-6-3-13(29-18)10-24-25-19(26)15-4-1-11(9-23)7-17(15)22/h1-8,10H,(H,25,26)(H,27,28). The van der Waals surface area contributed by atoms with Crippen molar-refractivity contribution >= 4 is 29.7 Å². The molecule has 9 heteroatoms. The quantitative estimate of drug-likeness (QED) is 0.485. The Balaban J connectivity index is 1.69. The topological polar surface area (TPSA) is 116 Å². The van der Waals surface area contributed by atoms with Crippen LogP contribution in [0.5, 0.6) is 0 Å². The first-order valence-electron chi connectivity index (χ1n) is 8.05. The third-order valence-corrected chi connectivity index (χ3v) is 4.12. The molecule has 0 aliphatic heterocycles. The largest absolute Gasteiger partial charge is 0.478 e. The van der Waals surface area contributed by atoms with Crippen molar-refractivity contribution in [1.82, 2.24) is 5.43 Å². The highest BCUT2D eigenvalue weighted by Crippen LogP contribution is 2.27. The predicted molar refractivity (Wildman–Crippen MR) is 102 cm³/mol. The Morgan fingerprint density at radius 1 is 1.17 bits per heavy atom. The Morgan fingerprint density at radius 2 is 1.93 bits per heavy atom. The molecular weight excluding hydrogens is 401 g/mol. The Morgan fingerprint density at radius 3 is 2.59 bits per heavy atom. The second-order valence-electron chi connectivity index (χ2n) is 5.71. The molecule has 1 aromatic heterocycles. The number of furan rings is 1. The highest BCUT2D eigenvalue weighted by molar-refractivity contribution is 6.33. The van der Waals surface area contributed by atoms with E-state index in [1.54, 1.807) is 24.3 Å². The van der Waals surface area contributed by atoms with Crippen molar-refractivity contribution in [1.29, 1.82) is 5.26 Å². The van der Waals surface area contributed by atoms with Crippen LogP contribution in [-0.2, 0) is 0 Å². The number of rotatable bonds is 5. The van der Waals surface area contributed by atoms with Gasteiger partial charge in [0.25, 0.3) is 5.91 Å². The van der Waals surface area contributed by atoms with Crippen molar-refractivity contribution in [3.05, 3.63) is 81.8 Å². The molecule has 0 atom stereocenters. The number of amides is 1. The number of nitrogens with one attached hydrogen (secondary N) is 1. The van der Waals surface area contributed by atoms with E-state index in [0.29, 0.717) is 17.1 Å². The van der Waals surface area contributed by atoms with Gasteiger partial charge < -0.3 is 9.52 Å². The van der Waals surface area contributed by atoms with Crippen LogP contribution in [0, 0.1) is 17.1 Å². The Hall–Kier alpha value is -3.96. The zero-order chi connectivity index (χ0) is 21.0. The molecule has 0 aliphatic rings. The summed E-state index contributed by atoms with van der Waals surface area (Å²) in [6, 6.07) is 12.8. The number of hydrogen-bond donors (Lipinski definition) is 2. The van der Waals surface area contributed by atoms with E-state index in [2.05, 4.69) is 10.5 Å². The second kappa shape index (κ2) is 8.37. The van der Waals surface area contributed by atoms with E-state index in [4.69, 9.17) is 26.4 Å². The molecule has 1 heterocycles. The number of hydrazone groups is 1. The summed E-state index contributed by atoms with van der Waals surface area (Å²) >= 11 is 5.94. The van der Waals surface area contributed by atoms with Crippen molar-refractivity contribution in [2.75, 3.05) is 0 Å². The minimum absolute atomic E-state index is 0.0264. The van der Waals surface area contributed by atoms with E-state index in [1.807, 2.05) is 0 Å². The molecule has 144 valence electrons. The number of carbonyl (C=O) groups is 2. The van der Waals surface area contributed by atoms with Crippen molar-refractivity contribution in [3.8, 4) is 17.4 Å². The summed E-state index contributed by atoms with van der Waals surface area (Å²) in [6.07, 6.45) is 1.22. The van der Waals surface area contributed by atoms with Gasteiger partial charge in [-0.3, -0.25) is 4.79 Å². The van der Waals surface area contributed by atoms with Gasteiger partial charge in [-0.1, -0.05) is 17.7 Å². The van der Waals surface area contributed by atoms with E-state index >= 15 is 0 Å². The third-order valence-electron chi connectivity index (χ3n) is 3.81. The monoisotopic (exact) mass is 411 g/mol. The molecule has 1 amide bonds. The van der Waals surface area contributed by atoms with Crippen LogP contribution in [0.2, 0.25) is 5.02 Å². The number of nitriles is 1. The maximum absolute atomic E-state index is 13.8. The van der Waals surface area contributed by atoms with Crippen LogP contribution >= 0.6 is 11.6 Å². The fourth-order valence-electron chi connectivity index (χ4n) is 2.40. The highest BCUT2D eigenvalue weighted by Gasteiger charge is 2.13. The molecule has 0 saturated heterocycles. The lowest BCUT2D eigenvalue weighted by atomic mass is 10.1. The molecule has 0 bridgehead atoms. The predicted octanol–water partition coefficient (Wildman–Crippen LogP) is 4.07. The van der Waals surface area contributed by atoms with Gasteiger partial charge in [-0.25, -0.2) is 14.6 Å². The Kier molecular flexibility index (Phi) is 5.71. The first-order valence-corrected chi connectivity index (χ1v) is 8.43. The smallest absolute Gasteiger partial charge is 0.337 e. The zero-order valence-electron chi connectivity index (χ0n) is 14.5. The summed E-state index contributed by atoms with van der Waals surface area (Å²) in [7, 11) is 0. The number of halogens is 2. The van der Waals surface area contributed by atoms with Crippen molar-refractivity contribution in [2.24, 2.45) is 5.10 Å². The van der Waals surface area contributed by atoms with Crippen LogP contribution in [0.1, 0.15) is 32.0 Å². The number of hydrogen-bond acceptors (Lipinski definition) is 5. The van der Waals surface area contributed by atoms with Crippen LogP contribution in [0.25, 0.3) is 11.3 Å². The lowest BCUT2D eigenvalue weighted by Gasteiger charge is -2.02. The normalized spacial score (nSPS) is 10.7. The van der Waals surface area contributed by atoms with Gasteiger partial charge >= 0.3 is 5.97 Å². The fourth-order valence-corrected chi connectivity index (χ4v) is 2.66. The van der Waals surface area contributed by atoms with E-state index in [9.17, 15) is 14.0 Å². The molecule has 0 radical (unpaired) electrons. The van der Waals surface area contributed by atoms with E-state index in [-0.39, 0.29) is 21.7 Å². The average Bonchev–Trinajstić information content (AvgIpc) is 3.16. The number of aromatic carboxylic acids is 1. The Bertz CT molecular complexity index is 1180. The van der Waals surface area contributed by atoms with E-state index < -0.39 is 17.7 Å². The maximum Gasteiger partial charge on any atom is 0.337 e. The molecule has 3 aromatic rings. The molecule has 0 unspecified atom stereocenters. The summed E-state index contributed by atoms with van der Waals surface area (Å²) in [5, 5.41) is 21.5. The van der Waals surface area contributed by atoms with Crippen LogP contribution in [0.3, 0.4) is 0 Å². The minimum Gasteiger partial charge on any atom is -0.478 e. The lowest BCUT2D eigenvalue weighted by Crippen LogP contribution is -2.19. The molecule has 0 fully saturated rings. The number of benzene rings is 2. The van der Waals surface area contributed by atoms with Gasteiger partial charge in [-0.05, 0) is 42.5 Å². The summed E-state index contributed by atoms with van der Waals surface area (Å²) in [5.41, 5.74) is 2.54. The molecule has 2 aromatic carbocycles. The lowest BCUT2D eigenvalue weighted by molar-refractivity contribution is 0.0696. The average molecular weight is 412 g/mol. The molecule has 2 N–H and O–H groups in total. The molecule has 0 saturated carbocycles. The first kappa shape index (κ1) is 19.8. The Labute approximate surface area is 168 Å². The van der Waals surface area contributed by atoms with Gasteiger partial charge in [0.1, 0.15) is 17.3 Å². The van der Waals surface area contributed by atoms with Gasteiger partial charge in [0.15, 0.2) is 0 Å². The summed E-state index contributed by atoms with van der Waals surface area (Å²) in [4.78, 5) is 23.0. The third kappa shape index (κ3) is 4.48. The molecule has 0 spiro atoms. The van der Waals surface area contributed by atoms with Crippen molar-refractivity contribution in [3.63, 3.8) is 0 Å². The molecule has 0 aliphatic carbocycles.